The third kappa shape index (κ3) is 2.56. The molecule has 2 rings (SSSR count). The maximum absolute atomic E-state index is 12.1. The molecule has 0 amide bonds. The summed E-state index contributed by atoms with van der Waals surface area (Å²) < 4.78 is 1.98. The number of alkyl halides is 1. The SMILES string of the molecule is Cc1cc(C(=O)C(C)Cl)c(C)n1-c1ccccc1Cl. The number of halogens is 2. The second kappa shape index (κ2) is 5.40. The summed E-state index contributed by atoms with van der Waals surface area (Å²) in [5, 5.41) is 0.127. The summed E-state index contributed by atoms with van der Waals surface area (Å²) >= 11 is 12.1. The molecule has 1 aromatic heterocycles. The summed E-state index contributed by atoms with van der Waals surface area (Å²) in [6.07, 6.45) is 0. The van der Waals surface area contributed by atoms with Crippen molar-refractivity contribution in [3.05, 3.63) is 52.3 Å². The monoisotopic (exact) mass is 295 g/mol. The smallest absolute Gasteiger partial charge is 0.182 e. The van der Waals surface area contributed by atoms with E-state index in [0.29, 0.717) is 10.6 Å². The van der Waals surface area contributed by atoms with Gasteiger partial charge in [-0.3, -0.25) is 4.79 Å². The number of aromatic nitrogens is 1. The van der Waals surface area contributed by atoms with E-state index in [0.717, 1.165) is 17.1 Å². The molecule has 1 unspecified atom stereocenters. The van der Waals surface area contributed by atoms with Gasteiger partial charge in [-0.05, 0) is 39.0 Å². The molecule has 19 heavy (non-hydrogen) atoms. The van der Waals surface area contributed by atoms with Gasteiger partial charge in [0.05, 0.1) is 16.1 Å². The van der Waals surface area contributed by atoms with Crippen molar-refractivity contribution in [3.8, 4) is 5.69 Å². The van der Waals surface area contributed by atoms with Gasteiger partial charge in [-0.25, -0.2) is 0 Å². The molecule has 1 heterocycles. The van der Waals surface area contributed by atoms with E-state index in [1.807, 2.05) is 48.7 Å². The molecule has 4 heteroatoms. The van der Waals surface area contributed by atoms with E-state index < -0.39 is 5.38 Å². The lowest BCUT2D eigenvalue weighted by Crippen LogP contribution is -2.11. The number of ketones is 1. The highest BCUT2D eigenvalue weighted by molar-refractivity contribution is 6.34. The van der Waals surface area contributed by atoms with Gasteiger partial charge in [-0.1, -0.05) is 23.7 Å². The van der Waals surface area contributed by atoms with Crippen LogP contribution in [0.15, 0.2) is 30.3 Å². The second-order valence-corrected chi connectivity index (χ2v) is 5.61. The number of para-hydroxylation sites is 1. The first-order valence-corrected chi connectivity index (χ1v) is 6.87. The molecule has 2 nitrogen and oxygen atoms in total. The van der Waals surface area contributed by atoms with Crippen LogP contribution in [-0.4, -0.2) is 15.7 Å². The number of aryl methyl sites for hydroxylation is 1. The Balaban J connectivity index is 2.61. The van der Waals surface area contributed by atoms with Gasteiger partial charge >= 0.3 is 0 Å². The van der Waals surface area contributed by atoms with Crippen molar-refractivity contribution in [1.82, 2.24) is 4.57 Å². The number of carbonyl (C=O) groups excluding carboxylic acids is 1. The third-order valence-electron chi connectivity index (χ3n) is 3.15. The molecule has 0 aliphatic carbocycles. The fraction of sp³-hybridized carbons (Fsp3) is 0.267. The Kier molecular flexibility index (Phi) is 4.02. The molecule has 0 saturated heterocycles. The fourth-order valence-electron chi connectivity index (χ4n) is 2.23. The molecule has 0 saturated carbocycles. The first-order chi connectivity index (χ1) is 8.93. The lowest BCUT2D eigenvalue weighted by molar-refractivity contribution is 0.0991. The maximum Gasteiger partial charge on any atom is 0.182 e. The number of hydrogen-bond acceptors (Lipinski definition) is 1. The van der Waals surface area contributed by atoms with Crippen LogP contribution in [0.5, 0.6) is 0 Å². The van der Waals surface area contributed by atoms with Crippen molar-refractivity contribution in [2.45, 2.75) is 26.1 Å². The average Bonchev–Trinajstić information content (AvgIpc) is 2.65. The molecule has 0 fully saturated rings. The van der Waals surface area contributed by atoms with Gasteiger partial charge in [0.1, 0.15) is 0 Å². The van der Waals surface area contributed by atoms with Crippen LogP contribution in [0.3, 0.4) is 0 Å². The van der Waals surface area contributed by atoms with Crippen LogP contribution in [0.1, 0.15) is 28.7 Å². The lowest BCUT2D eigenvalue weighted by atomic mass is 10.1. The minimum absolute atomic E-state index is 0.0620. The number of carbonyl (C=O) groups is 1. The highest BCUT2D eigenvalue weighted by atomic mass is 35.5. The van der Waals surface area contributed by atoms with Crippen LogP contribution in [0, 0.1) is 13.8 Å². The van der Waals surface area contributed by atoms with Gasteiger partial charge in [0.2, 0.25) is 0 Å². The van der Waals surface area contributed by atoms with Crippen LogP contribution in [-0.2, 0) is 0 Å². The highest BCUT2D eigenvalue weighted by Gasteiger charge is 2.20. The summed E-state index contributed by atoms with van der Waals surface area (Å²) in [4.78, 5) is 12.1. The Labute approximate surface area is 123 Å². The summed E-state index contributed by atoms with van der Waals surface area (Å²) in [7, 11) is 0. The lowest BCUT2D eigenvalue weighted by Gasteiger charge is -2.11. The highest BCUT2D eigenvalue weighted by Crippen LogP contribution is 2.27. The van der Waals surface area contributed by atoms with Crippen LogP contribution in [0.25, 0.3) is 5.69 Å². The van der Waals surface area contributed by atoms with E-state index >= 15 is 0 Å². The molecule has 0 radical (unpaired) electrons. The van der Waals surface area contributed by atoms with Gasteiger partial charge in [-0.2, -0.15) is 0 Å². The number of benzene rings is 1. The van der Waals surface area contributed by atoms with Crippen LogP contribution in [0.4, 0.5) is 0 Å². The van der Waals surface area contributed by atoms with E-state index in [-0.39, 0.29) is 5.78 Å². The molecule has 0 spiro atoms. The Morgan fingerprint density at radius 3 is 2.47 bits per heavy atom. The number of Topliss-reactive ketones (excluding diaryl/α,β-unsaturated/α-hetero) is 1. The maximum atomic E-state index is 12.1. The van der Waals surface area contributed by atoms with Crippen molar-refractivity contribution in [2.75, 3.05) is 0 Å². The van der Waals surface area contributed by atoms with Crippen molar-refractivity contribution >= 4 is 29.0 Å². The molecule has 100 valence electrons. The van der Waals surface area contributed by atoms with E-state index in [4.69, 9.17) is 23.2 Å². The van der Waals surface area contributed by atoms with Crippen molar-refractivity contribution in [1.29, 1.82) is 0 Å². The van der Waals surface area contributed by atoms with Gasteiger partial charge in [0, 0.05) is 17.0 Å². The first kappa shape index (κ1) is 14.2. The van der Waals surface area contributed by atoms with E-state index in [2.05, 4.69) is 0 Å². The number of rotatable bonds is 3. The molecule has 0 aliphatic rings. The van der Waals surface area contributed by atoms with Gasteiger partial charge in [0.15, 0.2) is 5.78 Å². The topological polar surface area (TPSA) is 22.0 Å². The molecule has 1 aromatic carbocycles. The van der Waals surface area contributed by atoms with E-state index in [1.54, 1.807) is 6.92 Å². The Morgan fingerprint density at radius 1 is 1.26 bits per heavy atom. The Morgan fingerprint density at radius 2 is 1.89 bits per heavy atom. The van der Waals surface area contributed by atoms with Crippen molar-refractivity contribution in [2.24, 2.45) is 0 Å². The largest absolute Gasteiger partial charge is 0.316 e. The zero-order chi connectivity index (χ0) is 14.2. The summed E-state index contributed by atoms with van der Waals surface area (Å²) in [6.45, 7) is 5.54. The van der Waals surface area contributed by atoms with Crippen LogP contribution in [0.2, 0.25) is 5.02 Å². The Hall–Kier alpha value is -1.25. The second-order valence-electron chi connectivity index (χ2n) is 4.55. The molecule has 0 aliphatic heterocycles. The predicted molar refractivity (Wildman–Crippen MR) is 79.9 cm³/mol. The molecular formula is C15H15Cl2NO. The van der Waals surface area contributed by atoms with Crippen LogP contribution >= 0.6 is 23.2 Å². The zero-order valence-corrected chi connectivity index (χ0v) is 12.6. The number of nitrogens with zero attached hydrogens (tertiary/aromatic N) is 1. The minimum Gasteiger partial charge on any atom is -0.316 e. The molecule has 0 bridgehead atoms. The molecule has 0 N–H and O–H groups in total. The van der Waals surface area contributed by atoms with E-state index in [1.165, 1.54) is 0 Å². The zero-order valence-electron chi connectivity index (χ0n) is 11.1. The van der Waals surface area contributed by atoms with Gasteiger partial charge < -0.3 is 4.57 Å². The van der Waals surface area contributed by atoms with Gasteiger partial charge in [0.25, 0.3) is 0 Å². The van der Waals surface area contributed by atoms with Crippen molar-refractivity contribution < 1.29 is 4.79 Å². The van der Waals surface area contributed by atoms with E-state index in [9.17, 15) is 4.79 Å². The van der Waals surface area contributed by atoms with Crippen molar-refractivity contribution in [3.63, 3.8) is 0 Å². The summed E-state index contributed by atoms with van der Waals surface area (Å²) in [5.74, 6) is -0.0620. The standard InChI is InChI=1S/C15H15Cl2NO/c1-9-8-12(15(19)10(2)16)11(3)18(9)14-7-5-4-6-13(14)17/h4-8,10H,1-3H3. The predicted octanol–water partition coefficient (Wildman–Crippen LogP) is 4.56. The summed E-state index contributed by atoms with van der Waals surface area (Å²) in [5.41, 5.74) is 3.36. The summed E-state index contributed by atoms with van der Waals surface area (Å²) in [6, 6.07) is 9.43. The fourth-order valence-corrected chi connectivity index (χ4v) is 2.57. The normalized spacial score (nSPS) is 12.5. The Bertz CT molecular complexity index is 629. The van der Waals surface area contributed by atoms with Gasteiger partial charge in [-0.15, -0.1) is 11.6 Å². The molecular weight excluding hydrogens is 281 g/mol. The quantitative estimate of drug-likeness (QED) is 0.601. The molecule has 2 aromatic rings. The number of hydrogen-bond donors (Lipinski definition) is 0. The third-order valence-corrected chi connectivity index (χ3v) is 3.67. The minimum atomic E-state index is -0.528. The van der Waals surface area contributed by atoms with Crippen LogP contribution < -0.4 is 0 Å². The average molecular weight is 296 g/mol. The first-order valence-electron chi connectivity index (χ1n) is 6.05. The molecule has 1 atom stereocenters.